The van der Waals surface area contributed by atoms with Gasteiger partial charge in [0.2, 0.25) is 5.91 Å². The molecule has 1 heterocycles. The van der Waals surface area contributed by atoms with Crippen LogP contribution in [0, 0.1) is 0 Å². The van der Waals surface area contributed by atoms with Gasteiger partial charge in [-0.05, 0) is 36.8 Å². The predicted octanol–water partition coefficient (Wildman–Crippen LogP) is 3.81. The summed E-state index contributed by atoms with van der Waals surface area (Å²) in [6.07, 6.45) is 0.296. The van der Waals surface area contributed by atoms with Crippen molar-refractivity contribution in [3.63, 3.8) is 0 Å². The Bertz CT molecular complexity index is 1080. The molecule has 4 N–H and O–H groups in total. The first-order valence-electron chi connectivity index (χ1n) is 10.3. The van der Waals surface area contributed by atoms with Crippen molar-refractivity contribution in [1.82, 2.24) is 10.3 Å². The van der Waals surface area contributed by atoms with Gasteiger partial charge in [0.05, 0.1) is 13.0 Å². The molecule has 178 valence electrons. The van der Waals surface area contributed by atoms with Crippen LogP contribution in [0.15, 0.2) is 30.5 Å². The highest BCUT2D eigenvalue weighted by atomic mass is 35.5. The van der Waals surface area contributed by atoms with Crippen molar-refractivity contribution >= 4 is 29.1 Å². The minimum atomic E-state index is -2.78. The van der Waals surface area contributed by atoms with Gasteiger partial charge >= 0.3 is 0 Å². The quantitative estimate of drug-likeness (QED) is 0.480. The third-order valence-corrected chi connectivity index (χ3v) is 5.98. The largest absolute Gasteiger partial charge is 0.508 e. The van der Waals surface area contributed by atoms with Crippen LogP contribution in [0.3, 0.4) is 0 Å². The molecule has 2 aromatic rings. The van der Waals surface area contributed by atoms with Crippen LogP contribution in [0.1, 0.15) is 55.2 Å². The molecule has 0 radical (unpaired) electrons. The lowest BCUT2D eigenvalue weighted by Crippen LogP contribution is -2.60. The highest BCUT2D eigenvalue weighted by Gasteiger charge is 2.54. The van der Waals surface area contributed by atoms with Gasteiger partial charge < -0.3 is 20.8 Å². The second-order valence-electron chi connectivity index (χ2n) is 9.38. The minimum absolute atomic E-state index is 0.0181. The van der Waals surface area contributed by atoms with Gasteiger partial charge in [-0.25, -0.2) is 8.78 Å². The number of phenols is 1. The number of rotatable bonds is 7. The maximum Gasteiger partial charge on any atom is 0.270 e. The van der Waals surface area contributed by atoms with E-state index >= 15 is 0 Å². The topological polar surface area (TPSA) is 112 Å². The number of pyridine rings is 1. The zero-order valence-electron chi connectivity index (χ0n) is 18.5. The summed E-state index contributed by atoms with van der Waals surface area (Å²) in [6.45, 7) is 4.84. The zero-order chi connectivity index (χ0) is 24.6. The van der Waals surface area contributed by atoms with E-state index in [1.54, 1.807) is 20.8 Å². The summed E-state index contributed by atoms with van der Waals surface area (Å²) in [5.74, 6) is -3.93. The number of carbonyl (C=O) groups is 2. The zero-order valence-corrected chi connectivity index (χ0v) is 19.3. The number of nitrogens with one attached hydrogen (secondary N) is 2. The fourth-order valence-corrected chi connectivity index (χ4v) is 4.13. The van der Waals surface area contributed by atoms with Gasteiger partial charge in [-0.1, -0.05) is 25.4 Å². The lowest BCUT2D eigenvalue weighted by Gasteiger charge is -2.45. The number of aliphatic hydroxyl groups excluding tert-OH is 1. The number of nitrogens with zero attached hydrogens (tertiary/aromatic N) is 1. The molecule has 3 rings (SSSR count). The van der Waals surface area contributed by atoms with E-state index < -0.39 is 41.5 Å². The van der Waals surface area contributed by atoms with Gasteiger partial charge in [0.25, 0.3) is 11.8 Å². The number of halogens is 3. The molecule has 0 atom stereocenters. The molecule has 0 aliphatic heterocycles. The first kappa shape index (κ1) is 24.9. The number of anilines is 1. The van der Waals surface area contributed by atoms with Crippen molar-refractivity contribution < 1.29 is 28.6 Å². The SMILES string of the molecule is CC1(NC(=O)c2cc(NC(=O)Cc3cc(O)c(C(C)(C)CO)cc3Cl)ccn2)CC(F)(F)C1. The number of hydrogen-bond donors (Lipinski definition) is 4. The molecule has 0 saturated heterocycles. The van der Waals surface area contributed by atoms with E-state index in [0.29, 0.717) is 16.8 Å². The number of hydrogen-bond acceptors (Lipinski definition) is 5. The van der Waals surface area contributed by atoms with Crippen LogP contribution in [-0.4, -0.2) is 45.1 Å². The van der Waals surface area contributed by atoms with E-state index in [0.717, 1.165) is 0 Å². The number of aromatic hydroxyl groups is 1. The molecule has 33 heavy (non-hydrogen) atoms. The highest BCUT2D eigenvalue weighted by molar-refractivity contribution is 6.31. The Kier molecular flexibility index (Phi) is 6.68. The number of amides is 2. The van der Waals surface area contributed by atoms with Crippen LogP contribution >= 0.6 is 11.6 Å². The molecule has 1 aromatic carbocycles. The summed E-state index contributed by atoms with van der Waals surface area (Å²) in [5.41, 5.74) is -0.596. The van der Waals surface area contributed by atoms with Crippen LogP contribution in [-0.2, 0) is 16.6 Å². The molecule has 1 aliphatic carbocycles. The maximum absolute atomic E-state index is 13.2. The first-order valence-corrected chi connectivity index (χ1v) is 10.7. The molecular weight excluding hydrogens is 456 g/mol. The number of aliphatic hydroxyl groups is 1. The van der Waals surface area contributed by atoms with E-state index in [1.807, 2.05) is 0 Å². The third kappa shape index (κ3) is 5.78. The smallest absolute Gasteiger partial charge is 0.270 e. The minimum Gasteiger partial charge on any atom is -0.508 e. The van der Waals surface area contributed by atoms with Gasteiger partial charge in [0.1, 0.15) is 11.4 Å². The molecule has 2 amide bonds. The molecule has 1 aromatic heterocycles. The molecule has 0 unspecified atom stereocenters. The van der Waals surface area contributed by atoms with Crippen LogP contribution in [0.4, 0.5) is 14.5 Å². The van der Waals surface area contributed by atoms with Gasteiger partial charge in [-0.2, -0.15) is 0 Å². The number of phenolic OH excluding ortho intramolecular Hbond substituents is 1. The molecule has 1 aliphatic rings. The van der Waals surface area contributed by atoms with Gasteiger partial charge in [-0.3, -0.25) is 14.6 Å². The Morgan fingerprint density at radius 1 is 1.24 bits per heavy atom. The van der Waals surface area contributed by atoms with E-state index in [1.165, 1.54) is 30.5 Å². The summed E-state index contributed by atoms with van der Waals surface area (Å²) in [4.78, 5) is 28.9. The number of benzene rings is 1. The maximum atomic E-state index is 13.2. The Balaban J connectivity index is 1.67. The summed E-state index contributed by atoms with van der Waals surface area (Å²) >= 11 is 6.29. The second kappa shape index (κ2) is 8.87. The van der Waals surface area contributed by atoms with Gasteiger partial charge in [0.15, 0.2) is 0 Å². The molecule has 0 spiro atoms. The average molecular weight is 482 g/mol. The summed E-state index contributed by atoms with van der Waals surface area (Å²) in [5, 5.41) is 25.3. The van der Waals surface area contributed by atoms with Crippen molar-refractivity contribution in [3.8, 4) is 5.75 Å². The van der Waals surface area contributed by atoms with E-state index in [4.69, 9.17) is 11.6 Å². The number of carbonyl (C=O) groups excluding carboxylic acids is 2. The summed E-state index contributed by atoms with van der Waals surface area (Å²) < 4.78 is 26.3. The van der Waals surface area contributed by atoms with Gasteiger partial charge in [0, 0.05) is 46.3 Å². The lowest BCUT2D eigenvalue weighted by molar-refractivity contribution is -0.124. The number of alkyl halides is 2. The number of aromatic nitrogens is 1. The lowest BCUT2D eigenvalue weighted by atomic mass is 9.75. The molecule has 10 heteroatoms. The van der Waals surface area contributed by atoms with Crippen LogP contribution in [0.25, 0.3) is 0 Å². The van der Waals surface area contributed by atoms with Crippen molar-refractivity contribution in [2.45, 2.75) is 56.9 Å². The average Bonchev–Trinajstić information content (AvgIpc) is 2.68. The van der Waals surface area contributed by atoms with Crippen LogP contribution in [0.5, 0.6) is 5.75 Å². The van der Waals surface area contributed by atoms with Crippen molar-refractivity contribution in [3.05, 3.63) is 52.3 Å². The second-order valence-corrected chi connectivity index (χ2v) is 9.79. The van der Waals surface area contributed by atoms with E-state index in [-0.39, 0.29) is 29.5 Å². The van der Waals surface area contributed by atoms with Crippen LogP contribution in [0.2, 0.25) is 5.02 Å². The van der Waals surface area contributed by atoms with Crippen molar-refractivity contribution in [2.75, 3.05) is 11.9 Å². The monoisotopic (exact) mass is 481 g/mol. The molecular formula is C23H26ClF2N3O4. The Labute approximate surface area is 195 Å². The van der Waals surface area contributed by atoms with Gasteiger partial charge in [-0.15, -0.1) is 0 Å². The molecule has 1 saturated carbocycles. The van der Waals surface area contributed by atoms with Crippen molar-refractivity contribution in [2.24, 2.45) is 0 Å². The van der Waals surface area contributed by atoms with E-state index in [2.05, 4.69) is 15.6 Å². The predicted molar refractivity (Wildman–Crippen MR) is 120 cm³/mol. The molecule has 1 fully saturated rings. The van der Waals surface area contributed by atoms with Crippen molar-refractivity contribution in [1.29, 1.82) is 0 Å². The normalized spacial score (nSPS) is 16.6. The standard InChI is InChI=1S/C23H26ClF2N3O4/c1-21(2,12-30)15-9-16(24)13(6-18(15)31)7-19(32)28-14-4-5-27-17(8-14)20(33)29-22(3)10-23(25,26)11-22/h4-6,8-9,30-31H,7,10-12H2,1-3H3,(H,29,33)(H,27,28,32). The Morgan fingerprint density at radius 3 is 2.52 bits per heavy atom. The van der Waals surface area contributed by atoms with Crippen LogP contribution < -0.4 is 10.6 Å². The highest BCUT2D eigenvalue weighted by Crippen LogP contribution is 2.45. The summed E-state index contributed by atoms with van der Waals surface area (Å²) in [6, 6.07) is 5.74. The Morgan fingerprint density at radius 2 is 1.91 bits per heavy atom. The Hall–Kier alpha value is -2.78. The molecule has 7 nitrogen and oxygen atoms in total. The summed E-state index contributed by atoms with van der Waals surface area (Å²) in [7, 11) is 0. The van der Waals surface area contributed by atoms with E-state index in [9.17, 15) is 28.6 Å². The fourth-order valence-electron chi connectivity index (χ4n) is 3.89. The first-order chi connectivity index (χ1) is 15.2. The third-order valence-electron chi connectivity index (χ3n) is 5.63. The fraction of sp³-hybridized carbons (Fsp3) is 0.435. The molecule has 0 bridgehead atoms.